The van der Waals surface area contributed by atoms with E-state index in [0.29, 0.717) is 12.0 Å². The average Bonchev–Trinajstić information content (AvgIpc) is 2.77. The number of rotatable bonds is 7. The molecule has 2 unspecified atom stereocenters. The second kappa shape index (κ2) is 11.7. The SMILES string of the molecule is CC.CCCCCC(C)C1NC(C)=C(c2ccccc2)C(c2ccccc2)=C1C. The van der Waals surface area contributed by atoms with Crippen LogP contribution in [-0.2, 0) is 0 Å². The van der Waals surface area contributed by atoms with Crippen molar-refractivity contribution in [1.82, 2.24) is 5.32 Å². The van der Waals surface area contributed by atoms with Gasteiger partial charge in [-0.15, -0.1) is 0 Å². The molecule has 29 heavy (non-hydrogen) atoms. The van der Waals surface area contributed by atoms with E-state index in [1.807, 2.05) is 13.8 Å². The zero-order valence-electron chi connectivity index (χ0n) is 19.3. The van der Waals surface area contributed by atoms with Crippen LogP contribution in [0.4, 0.5) is 0 Å². The quantitative estimate of drug-likeness (QED) is 0.472. The van der Waals surface area contributed by atoms with E-state index in [1.165, 1.54) is 59.2 Å². The normalized spacial score (nSPS) is 17.4. The second-order valence-electron chi connectivity index (χ2n) is 7.89. The number of nitrogens with one attached hydrogen (secondary N) is 1. The third kappa shape index (κ3) is 5.63. The molecule has 3 rings (SSSR count). The maximum atomic E-state index is 3.86. The van der Waals surface area contributed by atoms with Gasteiger partial charge < -0.3 is 5.32 Å². The molecular formula is C28H39N. The molecule has 1 aliphatic heterocycles. The minimum atomic E-state index is 0.407. The first-order chi connectivity index (χ1) is 14.1. The predicted octanol–water partition coefficient (Wildman–Crippen LogP) is 8.11. The Balaban J connectivity index is 0.00000145. The summed E-state index contributed by atoms with van der Waals surface area (Å²) in [4.78, 5) is 0. The molecule has 156 valence electrons. The molecule has 0 amide bonds. The van der Waals surface area contributed by atoms with E-state index in [9.17, 15) is 0 Å². The number of benzene rings is 2. The number of allylic oxidation sites excluding steroid dienone is 3. The van der Waals surface area contributed by atoms with Gasteiger partial charge in [0, 0.05) is 11.3 Å². The van der Waals surface area contributed by atoms with Crippen molar-refractivity contribution >= 4 is 11.1 Å². The lowest BCUT2D eigenvalue weighted by Gasteiger charge is -2.36. The fourth-order valence-corrected chi connectivity index (χ4v) is 4.35. The van der Waals surface area contributed by atoms with Crippen LogP contribution in [-0.4, -0.2) is 6.04 Å². The molecule has 0 saturated heterocycles. The number of hydrogen-bond acceptors (Lipinski definition) is 1. The Hall–Kier alpha value is -2.28. The van der Waals surface area contributed by atoms with Gasteiger partial charge in [-0.3, -0.25) is 0 Å². The standard InChI is InChI=1S/C26H33N.C2H6/c1-5-6-9-14-19(2)26-20(3)24(22-15-10-7-11-16-22)25(21(4)27-26)23-17-12-8-13-18-23;1-2/h7-8,10-13,15-19,26-27H,5-6,9,14H2,1-4H3;1-2H3. The highest BCUT2D eigenvalue weighted by atomic mass is 14.9. The van der Waals surface area contributed by atoms with Gasteiger partial charge in [0.15, 0.2) is 0 Å². The van der Waals surface area contributed by atoms with Gasteiger partial charge in [0.25, 0.3) is 0 Å². The van der Waals surface area contributed by atoms with Crippen LogP contribution in [0, 0.1) is 5.92 Å². The number of unbranched alkanes of at least 4 members (excludes halogenated alkanes) is 2. The molecule has 2 aromatic rings. The largest absolute Gasteiger partial charge is 0.381 e. The zero-order chi connectivity index (χ0) is 21.2. The van der Waals surface area contributed by atoms with Crippen LogP contribution in [0.25, 0.3) is 11.1 Å². The minimum absolute atomic E-state index is 0.407. The Bertz CT molecular complexity index is 799. The lowest BCUT2D eigenvalue weighted by molar-refractivity contribution is 0.402. The maximum absolute atomic E-state index is 3.86. The Morgan fingerprint density at radius 2 is 1.31 bits per heavy atom. The van der Waals surface area contributed by atoms with Gasteiger partial charge in [0.2, 0.25) is 0 Å². The molecule has 0 fully saturated rings. The first kappa shape index (κ1) is 23.0. The molecule has 0 radical (unpaired) electrons. The maximum Gasteiger partial charge on any atom is 0.0502 e. The van der Waals surface area contributed by atoms with Gasteiger partial charge in [-0.05, 0) is 48.5 Å². The highest BCUT2D eigenvalue weighted by Crippen LogP contribution is 2.41. The molecule has 1 nitrogen and oxygen atoms in total. The summed E-state index contributed by atoms with van der Waals surface area (Å²) in [6.07, 6.45) is 5.21. The van der Waals surface area contributed by atoms with Crippen molar-refractivity contribution in [1.29, 1.82) is 0 Å². The van der Waals surface area contributed by atoms with Crippen molar-refractivity contribution in [3.63, 3.8) is 0 Å². The van der Waals surface area contributed by atoms with Crippen LogP contribution in [0.2, 0.25) is 0 Å². The highest BCUT2D eigenvalue weighted by molar-refractivity contribution is 6.08. The van der Waals surface area contributed by atoms with E-state index in [-0.39, 0.29) is 0 Å². The van der Waals surface area contributed by atoms with E-state index < -0.39 is 0 Å². The first-order valence-electron chi connectivity index (χ1n) is 11.4. The van der Waals surface area contributed by atoms with Crippen LogP contribution in [0.15, 0.2) is 71.9 Å². The van der Waals surface area contributed by atoms with Gasteiger partial charge in [-0.1, -0.05) is 108 Å². The Labute approximate surface area is 178 Å². The fourth-order valence-electron chi connectivity index (χ4n) is 4.35. The molecule has 1 aliphatic rings. The summed E-state index contributed by atoms with van der Waals surface area (Å²) < 4.78 is 0. The van der Waals surface area contributed by atoms with E-state index >= 15 is 0 Å². The van der Waals surface area contributed by atoms with Crippen molar-refractivity contribution in [2.45, 2.75) is 73.3 Å². The van der Waals surface area contributed by atoms with Gasteiger partial charge >= 0.3 is 0 Å². The van der Waals surface area contributed by atoms with Crippen molar-refractivity contribution in [2.75, 3.05) is 0 Å². The Kier molecular flexibility index (Phi) is 9.25. The van der Waals surface area contributed by atoms with Crippen molar-refractivity contribution < 1.29 is 0 Å². The second-order valence-corrected chi connectivity index (χ2v) is 7.89. The first-order valence-corrected chi connectivity index (χ1v) is 11.4. The molecule has 1 heteroatoms. The molecular weight excluding hydrogens is 350 g/mol. The molecule has 2 aromatic carbocycles. The highest BCUT2D eigenvalue weighted by Gasteiger charge is 2.29. The summed E-state index contributed by atoms with van der Waals surface area (Å²) in [5, 5.41) is 3.86. The van der Waals surface area contributed by atoms with Gasteiger partial charge in [-0.2, -0.15) is 0 Å². The monoisotopic (exact) mass is 389 g/mol. The predicted molar refractivity (Wildman–Crippen MR) is 130 cm³/mol. The van der Waals surface area contributed by atoms with E-state index in [4.69, 9.17) is 0 Å². The molecule has 0 bridgehead atoms. The molecule has 0 aliphatic carbocycles. The minimum Gasteiger partial charge on any atom is -0.381 e. The van der Waals surface area contributed by atoms with E-state index in [1.54, 1.807) is 0 Å². The van der Waals surface area contributed by atoms with E-state index in [2.05, 4.69) is 93.7 Å². The molecule has 0 aromatic heterocycles. The number of hydrogen-bond donors (Lipinski definition) is 1. The van der Waals surface area contributed by atoms with Crippen LogP contribution in [0.3, 0.4) is 0 Å². The van der Waals surface area contributed by atoms with Gasteiger partial charge in [0.1, 0.15) is 0 Å². The Morgan fingerprint density at radius 3 is 1.83 bits per heavy atom. The van der Waals surface area contributed by atoms with Crippen molar-refractivity contribution in [2.24, 2.45) is 5.92 Å². The van der Waals surface area contributed by atoms with Gasteiger partial charge in [0.05, 0.1) is 6.04 Å². The third-order valence-corrected chi connectivity index (χ3v) is 5.81. The lowest BCUT2D eigenvalue weighted by atomic mass is 9.79. The topological polar surface area (TPSA) is 12.0 Å². The lowest BCUT2D eigenvalue weighted by Crippen LogP contribution is -2.38. The average molecular weight is 390 g/mol. The molecule has 0 saturated carbocycles. The Morgan fingerprint density at radius 1 is 0.793 bits per heavy atom. The molecule has 1 N–H and O–H groups in total. The summed E-state index contributed by atoms with van der Waals surface area (Å²) in [5.74, 6) is 0.627. The van der Waals surface area contributed by atoms with Gasteiger partial charge in [-0.25, -0.2) is 0 Å². The van der Waals surface area contributed by atoms with Crippen molar-refractivity contribution in [3.05, 3.63) is 83.1 Å². The van der Waals surface area contributed by atoms with Crippen molar-refractivity contribution in [3.8, 4) is 0 Å². The summed E-state index contributed by atoms with van der Waals surface area (Å²) >= 11 is 0. The third-order valence-electron chi connectivity index (χ3n) is 5.81. The number of dihydropyridines is 1. The molecule has 2 atom stereocenters. The smallest absolute Gasteiger partial charge is 0.0502 e. The summed E-state index contributed by atoms with van der Waals surface area (Å²) in [6.45, 7) is 13.2. The fraction of sp³-hybridized carbons (Fsp3) is 0.429. The van der Waals surface area contributed by atoms with Crippen LogP contribution in [0.1, 0.15) is 78.4 Å². The van der Waals surface area contributed by atoms with Crippen LogP contribution in [0.5, 0.6) is 0 Å². The summed E-state index contributed by atoms with van der Waals surface area (Å²) in [7, 11) is 0. The van der Waals surface area contributed by atoms with E-state index in [0.717, 1.165) is 0 Å². The molecule has 1 heterocycles. The summed E-state index contributed by atoms with van der Waals surface area (Å²) in [5.41, 5.74) is 8.12. The van der Waals surface area contributed by atoms with Crippen LogP contribution >= 0.6 is 0 Å². The molecule has 0 spiro atoms. The van der Waals surface area contributed by atoms with Crippen LogP contribution < -0.4 is 5.32 Å². The zero-order valence-corrected chi connectivity index (χ0v) is 19.3. The summed E-state index contributed by atoms with van der Waals surface area (Å²) in [6, 6.07) is 22.1.